The fourth-order valence-corrected chi connectivity index (χ4v) is 19.6. The van der Waals surface area contributed by atoms with E-state index in [1.165, 1.54) is 17.8 Å². The third kappa shape index (κ3) is 21.4. The molecule has 9 aromatic heterocycles. The number of hydrogen-bond donors (Lipinski definition) is 5. The smallest absolute Gasteiger partial charge is 0.261 e. The second-order valence-corrected chi connectivity index (χ2v) is 37.7. The van der Waals surface area contributed by atoms with Crippen molar-refractivity contribution in [2.24, 2.45) is 5.92 Å². The highest BCUT2D eigenvalue weighted by molar-refractivity contribution is 6.29. The third-order valence-corrected chi connectivity index (χ3v) is 27.1. The molecular formula is C109H108Cl2N16O13. The van der Waals surface area contributed by atoms with Crippen molar-refractivity contribution in [3.63, 3.8) is 0 Å². The summed E-state index contributed by atoms with van der Waals surface area (Å²) in [6, 6.07) is 56.9. The highest BCUT2D eigenvalue weighted by Gasteiger charge is 2.34. The first-order chi connectivity index (χ1) is 67.9. The lowest BCUT2D eigenvalue weighted by Gasteiger charge is -2.36. The molecular weight excluding hydrogens is 1810 g/mol. The van der Waals surface area contributed by atoms with E-state index in [1.54, 1.807) is 80.6 Å². The van der Waals surface area contributed by atoms with Crippen LogP contribution in [0.2, 0.25) is 10.3 Å². The molecule has 4 aliphatic heterocycles. The van der Waals surface area contributed by atoms with E-state index < -0.39 is 30.5 Å². The van der Waals surface area contributed by atoms with Gasteiger partial charge >= 0.3 is 0 Å². The van der Waals surface area contributed by atoms with Crippen LogP contribution in [-0.4, -0.2) is 209 Å². The molecule has 0 bridgehead atoms. The van der Waals surface area contributed by atoms with Crippen LogP contribution in [0, 0.1) is 5.92 Å². The third-order valence-electron chi connectivity index (χ3n) is 26.6. The summed E-state index contributed by atoms with van der Waals surface area (Å²) < 4.78 is 22.6. The Kier molecular flexibility index (Phi) is 29.9. The number of ether oxygens (including phenoxy) is 3. The fraction of sp³-hybridized carbons (Fsp3) is 0.312. The number of fused-ring (bicyclic) bond motifs is 12. The standard InChI is InChI=1S/C33H35N5O4.C28H29N3O4.C25H23ClN4O3.C23H21ClN4O2/c1-37(2)13-5-14-42-31-11-9-23(19-35-31)28-10-8-22(18-34-28)16-24-17-27-32(26-7-4-3-6-25(24)26)36-21-38(33(27)40)29-12-15-41-20-30(29)39;1-17(2)11-25(32)23-8-7-18(14-29-23)12-19-13-22-27(21-6-4-3-5-20(19)21)30-16-31(28(22)34)24-9-10-35-15-26(24)33;1-15(31)29-9-8-22(32)21(13-29)30-14-28-24-19-5-3-2-4-18(19)17(11-20(24)25(30)33)10-16-6-7-23(26)27-12-16;24-21-6-5-14(11-26-21)9-15-10-18-22(17-4-2-1-3-16(15)17)27-13-28(23(18)30)19-12-25-8-7-20(19)29/h3-4,6-11,17-19,21,29-30,39H,5,12-16,20H2,1-2H3;3-8,13-14,16-17,24,26,33H,9-12,15H2,1-2H3;2-7,11-12,14,21-22,32H,8-10,13H2,1H3;1-6,10-11,13,19-20,25,29H,7-9,12H2/t29-,30-;24-,26-;21-,22-;19-,20-/m0000/s1. The Hall–Kier alpha value is -13.7. The number of hydrogen-bond acceptors (Lipinski definition) is 24. The minimum absolute atomic E-state index is 0.0460. The highest BCUT2D eigenvalue weighted by Crippen LogP contribution is 2.36. The van der Waals surface area contributed by atoms with E-state index in [0.29, 0.717) is 156 Å². The zero-order valence-corrected chi connectivity index (χ0v) is 79.8. The summed E-state index contributed by atoms with van der Waals surface area (Å²) in [4.78, 5) is 123. The Balaban J connectivity index is 0.000000124. The van der Waals surface area contributed by atoms with Crippen LogP contribution in [-0.2, 0) is 40.0 Å². The van der Waals surface area contributed by atoms with E-state index in [1.807, 2.05) is 180 Å². The van der Waals surface area contributed by atoms with Crippen LogP contribution >= 0.6 is 23.2 Å². The zero-order chi connectivity index (χ0) is 97.4. The van der Waals surface area contributed by atoms with E-state index in [9.17, 15) is 49.2 Å². The van der Waals surface area contributed by atoms with E-state index in [-0.39, 0.29) is 77.7 Å². The number of rotatable bonds is 21. The minimum atomic E-state index is -0.747. The number of ketones is 1. The van der Waals surface area contributed by atoms with Crippen molar-refractivity contribution < 1.29 is 44.2 Å². The van der Waals surface area contributed by atoms with Gasteiger partial charge in [0.1, 0.15) is 16.0 Å². The zero-order valence-electron chi connectivity index (χ0n) is 78.3. The maximum absolute atomic E-state index is 13.7. The van der Waals surface area contributed by atoms with Gasteiger partial charge in [0.25, 0.3) is 22.2 Å². The minimum Gasteiger partial charge on any atom is -0.478 e. The van der Waals surface area contributed by atoms with Gasteiger partial charge in [-0.25, -0.2) is 34.9 Å². The molecule has 4 aliphatic rings. The lowest BCUT2D eigenvalue weighted by Crippen LogP contribution is -2.48. The lowest BCUT2D eigenvalue weighted by molar-refractivity contribution is -0.132. The molecule has 0 saturated carbocycles. The van der Waals surface area contributed by atoms with Crippen LogP contribution in [0.1, 0.15) is 138 Å². The number of nitrogens with one attached hydrogen (secondary N) is 1. The molecule has 140 heavy (non-hydrogen) atoms. The summed E-state index contributed by atoms with van der Waals surface area (Å²) in [7, 11) is 4.09. The molecule has 8 atom stereocenters. The lowest BCUT2D eigenvalue weighted by atomic mass is 9.96. The van der Waals surface area contributed by atoms with Crippen molar-refractivity contribution in [3.05, 3.63) is 340 Å². The van der Waals surface area contributed by atoms with Crippen LogP contribution in [0.4, 0.5) is 0 Å². The Morgan fingerprint density at radius 2 is 0.857 bits per heavy atom. The molecule has 21 rings (SSSR count). The van der Waals surface area contributed by atoms with E-state index in [0.717, 1.165) is 118 Å². The molecule has 0 radical (unpaired) electrons. The number of likely N-dealkylation sites (tertiary alicyclic amines) is 1. The molecule has 0 unspecified atom stereocenters. The number of aliphatic hydroxyl groups excluding tert-OH is 4. The number of nitrogens with zero attached hydrogens (tertiary/aromatic N) is 15. The van der Waals surface area contributed by atoms with Crippen molar-refractivity contribution in [1.29, 1.82) is 0 Å². The number of benzene rings is 8. The molecule has 13 heterocycles. The van der Waals surface area contributed by atoms with Crippen LogP contribution < -0.4 is 32.3 Å². The number of halogens is 2. The summed E-state index contributed by atoms with van der Waals surface area (Å²) >= 11 is 11.9. The van der Waals surface area contributed by atoms with Crippen molar-refractivity contribution in [2.75, 3.05) is 79.9 Å². The summed E-state index contributed by atoms with van der Waals surface area (Å²) in [5.41, 5.74) is 12.2. The number of aromatic nitrogens is 13. The van der Waals surface area contributed by atoms with Gasteiger partial charge in [-0.2, -0.15) is 0 Å². The first-order valence-electron chi connectivity index (χ1n) is 47.3. The van der Waals surface area contributed by atoms with E-state index >= 15 is 0 Å². The van der Waals surface area contributed by atoms with Crippen LogP contribution in [0.3, 0.4) is 0 Å². The molecule has 17 aromatic rings. The van der Waals surface area contributed by atoms with Crippen molar-refractivity contribution in [3.8, 4) is 17.1 Å². The van der Waals surface area contributed by atoms with Gasteiger partial charge in [-0.15, -0.1) is 0 Å². The second kappa shape index (κ2) is 43.4. The molecule has 0 aliphatic carbocycles. The quantitative estimate of drug-likeness (QED) is 0.0193. The molecule has 31 heteroatoms. The fourth-order valence-electron chi connectivity index (χ4n) is 19.3. The van der Waals surface area contributed by atoms with E-state index in [4.69, 9.17) is 42.4 Å². The highest BCUT2D eigenvalue weighted by atomic mass is 35.5. The average molecular weight is 1920 g/mol. The first kappa shape index (κ1) is 96.6. The van der Waals surface area contributed by atoms with Gasteiger partial charge in [-0.05, 0) is 205 Å². The van der Waals surface area contributed by atoms with Crippen molar-refractivity contribution in [2.45, 2.75) is 134 Å². The predicted octanol–water partition coefficient (Wildman–Crippen LogP) is 14.8. The normalized spacial score (nSPS) is 18.3. The Morgan fingerprint density at radius 3 is 1.23 bits per heavy atom. The molecule has 1 amide bonds. The SMILES string of the molecule is CC(=O)N1CC[C@H](O)[C@@H](n2cnc3c(cc(Cc4ccc(Cl)nc4)c4ccccc43)c2=O)C1.CC(C)CC(=O)c1ccc(Cc2cc3c(=O)n([C@H]4CCOC[C@@H]4O)cnc3c3ccccc23)cn1.CN(C)CCCOc1ccc(-c2ccc(Cc3cc4c(=O)n([C@H]5CCOC[C@@H]5O)cnc4c4ccccc34)cn2)cn1.O=c1c2cc(Cc3ccc(Cl)nc3)c3ccccc3c2ncn1[C@H]1CNCC[C@@H]1O. The molecule has 8 aromatic carbocycles. The topological polar surface area (TPSA) is 365 Å². The number of piperidine rings is 2. The molecule has 4 saturated heterocycles. The second-order valence-electron chi connectivity index (χ2n) is 37.0. The molecule has 5 N–H and O–H groups in total. The number of aliphatic hydroxyl groups is 4. The van der Waals surface area contributed by atoms with Crippen LogP contribution in [0.5, 0.6) is 5.88 Å². The van der Waals surface area contributed by atoms with Gasteiger partial charge in [0.05, 0.1) is 143 Å². The number of amides is 1. The van der Waals surface area contributed by atoms with Gasteiger partial charge in [0.2, 0.25) is 11.8 Å². The maximum Gasteiger partial charge on any atom is 0.261 e. The summed E-state index contributed by atoms with van der Waals surface area (Å²) in [5, 5.41) is 56.0. The van der Waals surface area contributed by atoms with Crippen LogP contribution in [0.15, 0.2) is 257 Å². The van der Waals surface area contributed by atoms with Crippen LogP contribution in [0.25, 0.3) is 98.0 Å². The molecule has 4 fully saturated rings. The number of pyridine rings is 5. The first-order valence-corrected chi connectivity index (χ1v) is 48.1. The molecule has 29 nitrogen and oxygen atoms in total. The summed E-state index contributed by atoms with van der Waals surface area (Å²) in [5.74, 6) is 0.869. The number of carbonyl (C=O) groups excluding carboxylic acids is 2. The summed E-state index contributed by atoms with van der Waals surface area (Å²) in [6.45, 7) is 10.6. The van der Waals surface area contributed by atoms with Gasteiger partial charge in [0.15, 0.2) is 5.78 Å². The Morgan fingerprint density at radius 1 is 0.450 bits per heavy atom. The van der Waals surface area contributed by atoms with Crippen molar-refractivity contribution in [1.82, 2.24) is 78.2 Å². The largest absolute Gasteiger partial charge is 0.478 e. The van der Waals surface area contributed by atoms with Gasteiger partial charge in [0, 0.05) is 117 Å². The molecule has 0 spiro atoms. The summed E-state index contributed by atoms with van der Waals surface area (Å²) in [6.07, 6.45) is 18.2. The maximum atomic E-state index is 13.7. The average Bonchev–Trinajstić information content (AvgIpc) is 0.762. The van der Waals surface area contributed by atoms with Gasteiger partial charge in [-0.1, -0.05) is 158 Å². The van der Waals surface area contributed by atoms with Gasteiger partial charge in [-0.3, -0.25) is 57.0 Å². The van der Waals surface area contributed by atoms with Crippen molar-refractivity contribution >= 4 is 122 Å². The number of carbonyl (C=O) groups is 2. The Labute approximate surface area is 815 Å². The monoisotopic (exact) mass is 1920 g/mol. The molecule has 716 valence electrons. The number of Topliss-reactive ketones (excluding diaryl/α,β-unsaturated/α-hetero) is 1. The van der Waals surface area contributed by atoms with E-state index in [2.05, 4.69) is 68.3 Å². The Bertz CT molecular complexity index is 7690. The van der Waals surface area contributed by atoms with Gasteiger partial charge < -0.3 is 49.8 Å². The predicted molar refractivity (Wildman–Crippen MR) is 543 cm³/mol.